The number of aliphatic hydroxyl groups is 2. The molecule has 1 aliphatic heterocycles. The number of imidazole rings is 1. The quantitative estimate of drug-likeness (QED) is 0.129. The molecule has 3 heterocycles. The van der Waals surface area contributed by atoms with E-state index in [2.05, 4.69) is 20.0 Å². The first kappa shape index (κ1) is 36.0. The normalized spacial score (nSPS) is 23.5. The van der Waals surface area contributed by atoms with Crippen molar-refractivity contribution in [1.29, 1.82) is 0 Å². The van der Waals surface area contributed by atoms with Crippen LogP contribution in [0, 0.1) is 5.41 Å². The van der Waals surface area contributed by atoms with E-state index in [-0.39, 0.29) is 41.1 Å². The lowest BCUT2D eigenvalue weighted by Gasteiger charge is -2.27. The maximum atomic E-state index is 13.8. The first-order chi connectivity index (χ1) is 21.4. The molecular formula is C27H36F3N6O8PS. The van der Waals surface area contributed by atoms with Crippen LogP contribution in [0.25, 0.3) is 11.2 Å². The summed E-state index contributed by atoms with van der Waals surface area (Å²) in [5.41, 5.74) is 1.83. The molecule has 2 unspecified atom stereocenters. The summed E-state index contributed by atoms with van der Waals surface area (Å²) in [6.45, 7) is 5.75. The first-order valence-electron chi connectivity index (χ1n) is 14.1. The Balaban J connectivity index is 1.48. The minimum Gasteiger partial charge on any atom is -0.387 e. The molecule has 6 N–H and O–H groups in total. The van der Waals surface area contributed by atoms with Gasteiger partial charge in [-0.2, -0.15) is 18.2 Å². The molecule has 4 rings (SSSR count). The van der Waals surface area contributed by atoms with Crippen LogP contribution in [-0.2, 0) is 35.9 Å². The van der Waals surface area contributed by atoms with Gasteiger partial charge in [-0.3, -0.25) is 28.2 Å². The number of hydrogen-bond acceptors (Lipinski definition) is 12. The highest BCUT2D eigenvalue weighted by Gasteiger charge is 2.54. The highest BCUT2D eigenvalue weighted by Crippen LogP contribution is 2.47. The fraction of sp³-hybridized carbons (Fsp3) is 0.556. The van der Waals surface area contributed by atoms with Crippen LogP contribution in [0.2, 0.25) is 0 Å². The number of aromatic amines is 1. The number of halogens is 3. The minimum absolute atomic E-state index is 0.0224. The van der Waals surface area contributed by atoms with Crippen molar-refractivity contribution in [2.75, 3.05) is 24.7 Å². The van der Waals surface area contributed by atoms with E-state index in [0.717, 1.165) is 23.9 Å². The maximum absolute atomic E-state index is 13.8. The number of anilines is 1. The second-order valence-electron chi connectivity index (χ2n) is 11.5. The third-order valence-corrected chi connectivity index (χ3v) is 10.4. The zero-order valence-corrected chi connectivity index (χ0v) is 27.1. The summed E-state index contributed by atoms with van der Waals surface area (Å²) >= 11 is 0.991. The Morgan fingerprint density at radius 3 is 2.59 bits per heavy atom. The Labute approximate surface area is 265 Å². The number of ether oxygens (including phenoxy) is 1. The number of aliphatic hydroxyl groups excluding tert-OH is 1. The fourth-order valence-corrected chi connectivity index (χ4v) is 6.74. The molecule has 0 radical (unpaired) electrons. The van der Waals surface area contributed by atoms with Gasteiger partial charge in [0.1, 0.15) is 17.8 Å². The predicted molar refractivity (Wildman–Crippen MR) is 162 cm³/mol. The second kappa shape index (κ2) is 13.7. The fourth-order valence-electron chi connectivity index (χ4n) is 4.42. The summed E-state index contributed by atoms with van der Waals surface area (Å²) in [7, 11) is -4.25. The number of aromatic nitrogens is 4. The molecule has 5 atom stereocenters. The number of nitrogens with zero attached hydrogens (tertiary/aromatic N) is 3. The molecule has 1 aromatic carbocycles. The van der Waals surface area contributed by atoms with Gasteiger partial charge in [-0.25, -0.2) is 14.6 Å². The third kappa shape index (κ3) is 7.99. The Morgan fingerprint density at radius 2 is 1.96 bits per heavy atom. The van der Waals surface area contributed by atoms with Crippen LogP contribution in [-0.4, -0.2) is 71.6 Å². The molecule has 1 saturated heterocycles. The number of H-pyrrole nitrogens is 1. The van der Waals surface area contributed by atoms with Crippen molar-refractivity contribution in [3.8, 4) is 0 Å². The van der Waals surface area contributed by atoms with Gasteiger partial charge >= 0.3 is 13.9 Å². The zero-order valence-electron chi connectivity index (χ0n) is 25.4. The number of rotatable bonds is 13. The number of nitrogens with two attached hydrogens (primary N) is 1. The molecular weight excluding hydrogens is 656 g/mol. The van der Waals surface area contributed by atoms with Crippen LogP contribution in [0.15, 0.2) is 35.4 Å². The number of thioether (sulfide) groups is 1. The Hall–Kier alpha value is -2.83. The van der Waals surface area contributed by atoms with E-state index in [1.165, 1.54) is 30.0 Å². The summed E-state index contributed by atoms with van der Waals surface area (Å²) in [5, 5.41) is 24.6. The number of carbonyl (C=O) groups is 1. The zero-order chi connectivity index (χ0) is 34.1. The Morgan fingerprint density at radius 1 is 1.28 bits per heavy atom. The largest absolute Gasteiger partial charge is 0.416 e. The monoisotopic (exact) mass is 692 g/mol. The van der Waals surface area contributed by atoms with Crippen LogP contribution >= 0.6 is 19.5 Å². The van der Waals surface area contributed by atoms with Crippen molar-refractivity contribution in [2.24, 2.45) is 5.41 Å². The number of fused-ring (bicyclic) bond motifs is 1. The first-order valence-corrected chi connectivity index (χ1v) is 16.7. The lowest BCUT2D eigenvalue weighted by molar-refractivity contribution is -0.137. The van der Waals surface area contributed by atoms with Crippen LogP contribution < -0.4 is 16.4 Å². The highest BCUT2D eigenvalue weighted by atomic mass is 32.2. The number of nitrogen functional groups attached to an aromatic ring is 1. The number of carbonyl (C=O) groups excluding carboxylic acids is 1. The standard InChI is InChI=1S/C27H36F3N6O8PS/c1-5-25(2,3)23(39)46-11-10-42-45(41,33-12-15-6-8-16(9-7-15)27(28,29)30)43-13-17-19(37)26(4,40)22(44-17)36-14-32-18-20(36)34-24(31)35-21(18)38/h6-9,14,17,19,22,37,40H,5,10-13H2,1-4H3,(H,33,41)(H3,31,34,35,38)/t17-,19+,22-,26?,45?/m1/s1. The summed E-state index contributed by atoms with van der Waals surface area (Å²) in [4.78, 5) is 35.0. The molecule has 0 saturated carbocycles. The lowest BCUT2D eigenvalue weighted by Crippen LogP contribution is -2.44. The Kier molecular flexibility index (Phi) is 10.7. The van der Waals surface area contributed by atoms with Crippen LogP contribution in [0.3, 0.4) is 0 Å². The van der Waals surface area contributed by atoms with Crippen molar-refractivity contribution in [2.45, 2.75) is 70.9 Å². The molecule has 1 aliphatic rings. The average molecular weight is 693 g/mol. The second-order valence-corrected chi connectivity index (χ2v) is 14.4. The van der Waals surface area contributed by atoms with Crippen molar-refractivity contribution in [1.82, 2.24) is 24.6 Å². The molecule has 14 nitrogen and oxygen atoms in total. The molecule has 254 valence electrons. The van der Waals surface area contributed by atoms with Gasteiger partial charge in [-0.05, 0) is 31.0 Å². The molecule has 3 aromatic rings. The van der Waals surface area contributed by atoms with Crippen molar-refractivity contribution < 1.29 is 46.5 Å². The molecule has 46 heavy (non-hydrogen) atoms. The minimum atomic E-state index is -4.53. The number of alkyl halides is 3. The highest BCUT2D eigenvalue weighted by molar-refractivity contribution is 8.13. The van der Waals surface area contributed by atoms with Crippen LogP contribution in [0.5, 0.6) is 0 Å². The summed E-state index contributed by atoms with van der Waals surface area (Å²) in [6.07, 6.45) is -6.97. The van der Waals surface area contributed by atoms with Crippen LogP contribution in [0.4, 0.5) is 19.1 Å². The molecule has 1 fully saturated rings. The summed E-state index contributed by atoms with van der Waals surface area (Å²) in [6, 6.07) is 4.16. The smallest absolute Gasteiger partial charge is 0.387 e. The van der Waals surface area contributed by atoms with E-state index in [1.807, 2.05) is 6.92 Å². The molecule has 0 bridgehead atoms. The summed E-state index contributed by atoms with van der Waals surface area (Å²) < 4.78 is 71.0. The van der Waals surface area contributed by atoms with Gasteiger partial charge in [0.05, 0.1) is 25.1 Å². The van der Waals surface area contributed by atoms with E-state index >= 15 is 0 Å². The summed E-state index contributed by atoms with van der Waals surface area (Å²) in [5.74, 6) is -0.0903. The maximum Gasteiger partial charge on any atom is 0.416 e. The Bertz CT molecular complexity index is 1650. The van der Waals surface area contributed by atoms with Gasteiger partial charge in [0.2, 0.25) is 5.95 Å². The average Bonchev–Trinajstić information content (AvgIpc) is 3.50. The van der Waals surface area contributed by atoms with E-state index in [0.29, 0.717) is 12.0 Å². The van der Waals surface area contributed by atoms with Gasteiger partial charge < -0.3 is 20.7 Å². The van der Waals surface area contributed by atoms with Gasteiger partial charge in [-0.15, -0.1) is 0 Å². The van der Waals surface area contributed by atoms with E-state index in [4.69, 9.17) is 19.5 Å². The third-order valence-electron chi connectivity index (χ3n) is 7.64. The number of nitrogens with one attached hydrogen (secondary N) is 2. The van der Waals surface area contributed by atoms with Gasteiger partial charge in [-0.1, -0.05) is 44.7 Å². The van der Waals surface area contributed by atoms with Crippen molar-refractivity contribution in [3.63, 3.8) is 0 Å². The van der Waals surface area contributed by atoms with Gasteiger partial charge in [0, 0.05) is 17.7 Å². The van der Waals surface area contributed by atoms with Crippen LogP contribution in [0.1, 0.15) is 51.5 Å². The predicted octanol–water partition coefficient (Wildman–Crippen LogP) is 3.36. The SMILES string of the molecule is CCC(C)(C)C(=O)SCCOP(=O)(NCc1ccc(C(F)(F)F)cc1)OC[C@H]1O[C@@H](n2cnc3c(=O)[nH]c(N)nc32)C(C)(O)[C@H]1O. The van der Waals surface area contributed by atoms with Gasteiger partial charge in [0.25, 0.3) is 5.56 Å². The molecule has 0 amide bonds. The van der Waals surface area contributed by atoms with E-state index < -0.39 is 61.1 Å². The van der Waals surface area contributed by atoms with Crippen molar-refractivity contribution in [3.05, 3.63) is 52.1 Å². The number of benzene rings is 1. The molecule has 0 spiro atoms. The van der Waals surface area contributed by atoms with Gasteiger partial charge in [0.15, 0.2) is 22.5 Å². The molecule has 2 aromatic heterocycles. The topological polar surface area (TPSA) is 204 Å². The van der Waals surface area contributed by atoms with E-state index in [1.54, 1.807) is 13.8 Å². The van der Waals surface area contributed by atoms with Crippen molar-refractivity contribution >= 4 is 41.7 Å². The van der Waals surface area contributed by atoms with E-state index in [9.17, 15) is 37.5 Å². The lowest BCUT2D eigenvalue weighted by atomic mass is 9.92. The number of hydrogen-bond donors (Lipinski definition) is 5. The molecule has 19 heteroatoms. The molecule has 0 aliphatic carbocycles.